The monoisotopic (exact) mass is 291 g/mol. The molecule has 0 aliphatic carbocycles. The average molecular weight is 291 g/mol. The number of aromatic nitrogens is 1. The maximum atomic E-state index is 12.5. The van der Waals surface area contributed by atoms with Gasteiger partial charge >= 0.3 is 12.0 Å². The molecule has 6 heteroatoms. The Labute approximate surface area is 124 Å². The van der Waals surface area contributed by atoms with E-state index >= 15 is 0 Å². The molecule has 0 aromatic carbocycles. The summed E-state index contributed by atoms with van der Waals surface area (Å²) in [6.45, 7) is 6.94. The van der Waals surface area contributed by atoms with Gasteiger partial charge in [-0.25, -0.2) is 9.59 Å². The minimum absolute atomic E-state index is 0.221. The summed E-state index contributed by atoms with van der Waals surface area (Å²) in [4.78, 5) is 31.1. The van der Waals surface area contributed by atoms with Crippen LogP contribution in [0.25, 0.3) is 0 Å². The molecule has 0 spiro atoms. The Bertz CT molecular complexity index is 525. The SMILES string of the molecule is CC(C)(C)[C@@H](C(=O)O)N1CCN(Cc2cccnc2)C1=O. The van der Waals surface area contributed by atoms with Crippen LogP contribution < -0.4 is 0 Å². The van der Waals surface area contributed by atoms with Crippen molar-refractivity contribution in [1.29, 1.82) is 0 Å². The lowest BCUT2D eigenvalue weighted by Crippen LogP contribution is -2.50. The van der Waals surface area contributed by atoms with Crippen LogP contribution in [0.1, 0.15) is 26.3 Å². The predicted molar refractivity (Wildman–Crippen MR) is 77.6 cm³/mol. The second-order valence-electron chi connectivity index (χ2n) is 6.37. The molecule has 114 valence electrons. The van der Waals surface area contributed by atoms with Gasteiger partial charge in [0.25, 0.3) is 0 Å². The van der Waals surface area contributed by atoms with Crippen LogP contribution in [0.4, 0.5) is 4.79 Å². The highest BCUT2D eigenvalue weighted by Crippen LogP contribution is 2.28. The molecule has 0 unspecified atom stereocenters. The summed E-state index contributed by atoms with van der Waals surface area (Å²) in [6.07, 6.45) is 3.40. The van der Waals surface area contributed by atoms with Crippen LogP contribution in [0, 0.1) is 5.41 Å². The normalized spacial score (nSPS) is 17.2. The Hall–Kier alpha value is -2.11. The van der Waals surface area contributed by atoms with Gasteiger partial charge in [-0.05, 0) is 17.0 Å². The van der Waals surface area contributed by atoms with E-state index in [2.05, 4.69) is 4.98 Å². The van der Waals surface area contributed by atoms with E-state index in [1.54, 1.807) is 17.3 Å². The molecule has 1 aliphatic rings. The summed E-state index contributed by atoms with van der Waals surface area (Å²) in [5.41, 5.74) is 0.432. The van der Waals surface area contributed by atoms with Crippen molar-refractivity contribution in [1.82, 2.24) is 14.8 Å². The molecule has 1 saturated heterocycles. The Kier molecular flexibility index (Phi) is 4.16. The van der Waals surface area contributed by atoms with E-state index < -0.39 is 17.4 Å². The number of hydrogen-bond acceptors (Lipinski definition) is 3. The van der Waals surface area contributed by atoms with Crippen molar-refractivity contribution >= 4 is 12.0 Å². The minimum Gasteiger partial charge on any atom is -0.480 e. The fourth-order valence-electron chi connectivity index (χ4n) is 2.67. The van der Waals surface area contributed by atoms with Crippen molar-refractivity contribution in [2.75, 3.05) is 13.1 Å². The van der Waals surface area contributed by atoms with Crippen LogP contribution >= 0.6 is 0 Å². The second-order valence-corrected chi connectivity index (χ2v) is 6.37. The molecule has 1 atom stereocenters. The van der Waals surface area contributed by atoms with Crippen LogP contribution in [0.3, 0.4) is 0 Å². The summed E-state index contributed by atoms with van der Waals surface area (Å²) < 4.78 is 0. The molecule has 1 N–H and O–H groups in total. The third-order valence-corrected chi connectivity index (χ3v) is 3.59. The quantitative estimate of drug-likeness (QED) is 0.918. The molecule has 0 radical (unpaired) electrons. The number of carboxylic acids is 1. The molecule has 6 nitrogen and oxygen atoms in total. The Morgan fingerprint density at radius 1 is 1.43 bits per heavy atom. The van der Waals surface area contributed by atoms with Gasteiger partial charge in [0.1, 0.15) is 6.04 Å². The first kappa shape index (κ1) is 15.3. The van der Waals surface area contributed by atoms with E-state index in [4.69, 9.17) is 0 Å². The summed E-state index contributed by atoms with van der Waals surface area (Å²) >= 11 is 0. The zero-order chi connectivity index (χ0) is 15.6. The maximum Gasteiger partial charge on any atom is 0.327 e. The first-order valence-corrected chi connectivity index (χ1v) is 6.98. The van der Waals surface area contributed by atoms with Crippen molar-refractivity contribution in [2.24, 2.45) is 5.41 Å². The summed E-state index contributed by atoms with van der Waals surface area (Å²) in [6, 6.07) is 2.69. The Morgan fingerprint density at radius 3 is 2.67 bits per heavy atom. The van der Waals surface area contributed by atoms with Gasteiger partial charge in [-0.3, -0.25) is 4.98 Å². The number of urea groups is 1. The van der Waals surface area contributed by atoms with Crippen LogP contribution in [-0.4, -0.2) is 51.0 Å². The fraction of sp³-hybridized carbons (Fsp3) is 0.533. The number of aliphatic carboxylic acids is 1. The Balaban J connectivity index is 2.12. The second kappa shape index (κ2) is 5.71. The van der Waals surface area contributed by atoms with Crippen molar-refractivity contribution in [3.63, 3.8) is 0 Å². The van der Waals surface area contributed by atoms with E-state index in [0.29, 0.717) is 19.6 Å². The lowest BCUT2D eigenvalue weighted by atomic mass is 9.86. The van der Waals surface area contributed by atoms with E-state index in [1.165, 1.54) is 4.90 Å². The molecule has 1 aromatic rings. The number of nitrogens with zero attached hydrogens (tertiary/aromatic N) is 3. The largest absolute Gasteiger partial charge is 0.480 e. The minimum atomic E-state index is -0.959. The fourth-order valence-corrected chi connectivity index (χ4v) is 2.67. The number of carboxylic acid groups (broad SMARTS) is 1. The number of carbonyl (C=O) groups excluding carboxylic acids is 1. The van der Waals surface area contributed by atoms with Gasteiger partial charge in [0.15, 0.2) is 0 Å². The molecule has 0 bridgehead atoms. The first-order chi connectivity index (χ1) is 9.80. The standard InChI is InChI=1S/C15H21N3O3/c1-15(2,3)12(13(19)20)18-8-7-17(14(18)21)10-11-5-4-6-16-9-11/h4-6,9,12H,7-8,10H2,1-3H3,(H,19,20)/t12-/m1/s1. The average Bonchev–Trinajstić information content (AvgIpc) is 2.71. The molecule has 1 aromatic heterocycles. The van der Waals surface area contributed by atoms with Crippen LogP contribution in [0.5, 0.6) is 0 Å². The van der Waals surface area contributed by atoms with Gasteiger partial charge in [-0.2, -0.15) is 0 Å². The maximum absolute atomic E-state index is 12.5. The van der Waals surface area contributed by atoms with E-state index in [9.17, 15) is 14.7 Å². The summed E-state index contributed by atoms with van der Waals surface area (Å²) in [5, 5.41) is 9.44. The van der Waals surface area contributed by atoms with Gasteiger partial charge in [0.05, 0.1) is 0 Å². The lowest BCUT2D eigenvalue weighted by Gasteiger charge is -2.34. The molecule has 2 amide bonds. The molecule has 2 rings (SSSR count). The zero-order valence-electron chi connectivity index (χ0n) is 12.6. The van der Waals surface area contributed by atoms with Crippen LogP contribution in [0.2, 0.25) is 0 Å². The van der Waals surface area contributed by atoms with Crippen molar-refractivity contribution in [2.45, 2.75) is 33.4 Å². The van der Waals surface area contributed by atoms with E-state index in [1.807, 2.05) is 32.9 Å². The van der Waals surface area contributed by atoms with Crippen molar-refractivity contribution < 1.29 is 14.7 Å². The lowest BCUT2D eigenvalue weighted by molar-refractivity contribution is -0.145. The number of carbonyl (C=O) groups is 2. The van der Waals surface area contributed by atoms with E-state index in [0.717, 1.165) is 5.56 Å². The van der Waals surface area contributed by atoms with Crippen molar-refractivity contribution in [3.8, 4) is 0 Å². The number of pyridine rings is 1. The number of rotatable bonds is 4. The third kappa shape index (κ3) is 3.32. The third-order valence-electron chi connectivity index (χ3n) is 3.59. The van der Waals surface area contributed by atoms with Gasteiger partial charge in [0, 0.05) is 32.0 Å². The van der Waals surface area contributed by atoms with Crippen LogP contribution in [0.15, 0.2) is 24.5 Å². The molecule has 21 heavy (non-hydrogen) atoms. The molecular formula is C15H21N3O3. The van der Waals surface area contributed by atoms with Gasteiger partial charge in [-0.15, -0.1) is 0 Å². The van der Waals surface area contributed by atoms with Crippen molar-refractivity contribution in [3.05, 3.63) is 30.1 Å². The van der Waals surface area contributed by atoms with Gasteiger partial charge in [-0.1, -0.05) is 26.8 Å². The first-order valence-electron chi connectivity index (χ1n) is 6.98. The molecule has 1 aliphatic heterocycles. The highest BCUT2D eigenvalue weighted by molar-refractivity contribution is 5.84. The van der Waals surface area contributed by atoms with Crippen LogP contribution in [-0.2, 0) is 11.3 Å². The molecule has 2 heterocycles. The summed E-state index contributed by atoms with van der Waals surface area (Å²) in [5.74, 6) is -0.959. The van der Waals surface area contributed by atoms with Gasteiger partial charge < -0.3 is 14.9 Å². The molecule has 1 fully saturated rings. The Morgan fingerprint density at radius 2 is 2.14 bits per heavy atom. The predicted octanol–water partition coefficient (Wildman–Crippen LogP) is 1.82. The highest BCUT2D eigenvalue weighted by Gasteiger charge is 2.43. The number of hydrogen-bond donors (Lipinski definition) is 1. The summed E-state index contributed by atoms with van der Waals surface area (Å²) in [7, 11) is 0. The van der Waals surface area contributed by atoms with Gasteiger partial charge in [0.2, 0.25) is 0 Å². The topological polar surface area (TPSA) is 73.7 Å². The zero-order valence-corrected chi connectivity index (χ0v) is 12.6. The highest BCUT2D eigenvalue weighted by atomic mass is 16.4. The smallest absolute Gasteiger partial charge is 0.327 e. The number of amides is 2. The van der Waals surface area contributed by atoms with E-state index in [-0.39, 0.29) is 6.03 Å². The molecular weight excluding hydrogens is 270 g/mol. The molecule has 0 saturated carbocycles.